The van der Waals surface area contributed by atoms with Gasteiger partial charge in [0.15, 0.2) is 0 Å². The number of carbonyl (C=O) groups is 1. The van der Waals surface area contributed by atoms with E-state index in [9.17, 15) is 4.79 Å². The summed E-state index contributed by atoms with van der Waals surface area (Å²) in [5.41, 5.74) is 1.19. The molecule has 1 saturated heterocycles. The van der Waals surface area contributed by atoms with Gasteiger partial charge in [-0.1, -0.05) is 12.1 Å². The summed E-state index contributed by atoms with van der Waals surface area (Å²) >= 11 is 1.54. The maximum absolute atomic E-state index is 12.5. The van der Waals surface area contributed by atoms with Crippen LogP contribution in [0, 0.1) is 0 Å². The highest BCUT2D eigenvalue weighted by Gasteiger charge is 2.24. The molecule has 29 heavy (non-hydrogen) atoms. The summed E-state index contributed by atoms with van der Waals surface area (Å²) in [6.07, 6.45) is 2.42. The van der Waals surface area contributed by atoms with E-state index in [0.717, 1.165) is 29.5 Å². The molecule has 1 atom stereocenters. The fourth-order valence-electron chi connectivity index (χ4n) is 3.57. The molecule has 0 bridgehead atoms. The largest absolute Gasteiger partial charge is 0.497 e. The summed E-state index contributed by atoms with van der Waals surface area (Å²) in [7, 11) is 1.68. The molecule has 156 valence electrons. The van der Waals surface area contributed by atoms with Gasteiger partial charge in [0.1, 0.15) is 11.5 Å². The molecule has 2 aromatic rings. The number of benzene rings is 2. The molecule has 0 aromatic heterocycles. The molecular formula is C23H30N2O3S. The van der Waals surface area contributed by atoms with E-state index >= 15 is 0 Å². The molecule has 1 amide bonds. The van der Waals surface area contributed by atoms with E-state index in [1.54, 1.807) is 7.11 Å². The second kappa shape index (κ2) is 11.1. The summed E-state index contributed by atoms with van der Waals surface area (Å²) in [6.45, 7) is 5.36. The molecule has 1 aliphatic heterocycles. The van der Waals surface area contributed by atoms with Gasteiger partial charge in [-0.15, -0.1) is 11.8 Å². The van der Waals surface area contributed by atoms with Crippen LogP contribution in [0.3, 0.4) is 0 Å². The number of methoxy groups -OCH3 is 1. The highest BCUT2D eigenvalue weighted by atomic mass is 32.2. The van der Waals surface area contributed by atoms with E-state index in [1.165, 1.54) is 30.2 Å². The van der Waals surface area contributed by atoms with Gasteiger partial charge in [-0.2, -0.15) is 0 Å². The normalized spacial score (nSPS) is 15.1. The molecule has 0 radical (unpaired) electrons. The number of rotatable bonds is 10. The average molecular weight is 415 g/mol. The summed E-state index contributed by atoms with van der Waals surface area (Å²) in [5, 5.41) is 3.13. The molecule has 1 unspecified atom stereocenters. The van der Waals surface area contributed by atoms with Gasteiger partial charge < -0.3 is 14.8 Å². The molecule has 5 nitrogen and oxygen atoms in total. The van der Waals surface area contributed by atoms with Crippen molar-refractivity contribution >= 4 is 17.7 Å². The molecule has 1 fully saturated rings. The van der Waals surface area contributed by atoms with Crippen molar-refractivity contribution in [2.24, 2.45) is 0 Å². The number of likely N-dealkylation sites (tertiary alicyclic amines) is 1. The van der Waals surface area contributed by atoms with Crippen molar-refractivity contribution in [3.63, 3.8) is 0 Å². The van der Waals surface area contributed by atoms with Crippen LogP contribution in [0.15, 0.2) is 53.4 Å². The van der Waals surface area contributed by atoms with Gasteiger partial charge in [0.05, 0.1) is 25.5 Å². The zero-order valence-corrected chi connectivity index (χ0v) is 18.0. The fraction of sp³-hybridized carbons (Fsp3) is 0.435. The van der Waals surface area contributed by atoms with Crippen molar-refractivity contribution < 1.29 is 14.3 Å². The maximum atomic E-state index is 12.5. The Morgan fingerprint density at radius 1 is 1.14 bits per heavy atom. The molecular weight excluding hydrogens is 384 g/mol. The van der Waals surface area contributed by atoms with E-state index in [-0.39, 0.29) is 11.9 Å². The average Bonchev–Trinajstić information content (AvgIpc) is 3.28. The number of thioether (sulfide) groups is 1. The van der Waals surface area contributed by atoms with Crippen molar-refractivity contribution in [1.29, 1.82) is 0 Å². The quantitative estimate of drug-likeness (QED) is 0.592. The lowest BCUT2D eigenvalue weighted by atomic mass is 10.0. The van der Waals surface area contributed by atoms with Crippen molar-refractivity contribution in [3.05, 3.63) is 54.1 Å². The van der Waals surface area contributed by atoms with E-state index in [2.05, 4.69) is 22.3 Å². The molecule has 1 N–H and O–H groups in total. The number of hydrogen-bond donors (Lipinski definition) is 1. The van der Waals surface area contributed by atoms with Crippen LogP contribution >= 0.6 is 11.8 Å². The van der Waals surface area contributed by atoms with Gasteiger partial charge in [-0.25, -0.2) is 0 Å². The summed E-state index contributed by atoms with van der Waals surface area (Å²) < 4.78 is 10.8. The highest BCUT2D eigenvalue weighted by Crippen LogP contribution is 2.27. The first kappa shape index (κ1) is 21.5. The minimum atomic E-state index is 0.0518. The van der Waals surface area contributed by atoms with E-state index in [0.29, 0.717) is 18.9 Å². The first-order chi connectivity index (χ1) is 14.2. The lowest BCUT2D eigenvalue weighted by Gasteiger charge is -2.28. The SMILES string of the molecule is CCOc1ccc(SCC(=O)NCC(c2cccc(OC)c2)N2CCCC2)cc1. The van der Waals surface area contributed by atoms with Gasteiger partial charge in [-0.05, 0) is 74.8 Å². The van der Waals surface area contributed by atoms with Crippen LogP contribution < -0.4 is 14.8 Å². The fourth-order valence-corrected chi connectivity index (χ4v) is 4.30. The second-order valence-corrected chi connectivity index (χ2v) is 8.08. The topological polar surface area (TPSA) is 50.8 Å². The van der Waals surface area contributed by atoms with E-state index in [4.69, 9.17) is 9.47 Å². The third-order valence-corrected chi connectivity index (χ3v) is 6.07. The first-order valence-corrected chi connectivity index (χ1v) is 11.2. The highest BCUT2D eigenvalue weighted by molar-refractivity contribution is 8.00. The Morgan fingerprint density at radius 3 is 2.59 bits per heavy atom. The predicted molar refractivity (Wildman–Crippen MR) is 118 cm³/mol. The lowest BCUT2D eigenvalue weighted by Crippen LogP contribution is -2.37. The van der Waals surface area contributed by atoms with Gasteiger partial charge >= 0.3 is 0 Å². The third-order valence-electron chi connectivity index (χ3n) is 5.06. The third kappa shape index (κ3) is 6.41. The molecule has 6 heteroatoms. The van der Waals surface area contributed by atoms with Crippen LogP contribution in [0.4, 0.5) is 0 Å². The van der Waals surface area contributed by atoms with Crippen LogP contribution in [0.25, 0.3) is 0 Å². The minimum Gasteiger partial charge on any atom is -0.497 e. The van der Waals surface area contributed by atoms with Crippen LogP contribution in [-0.4, -0.2) is 49.9 Å². The standard InChI is InChI=1S/C23H30N2O3S/c1-3-28-19-9-11-21(12-10-19)29-17-23(26)24-16-22(25-13-4-5-14-25)18-7-6-8-20(15-18)27-2/h6-12,15,22H,3-5,13-14,16-17H2,1-2H3,(H,24,26). The number of nitrogens with zero attached hydrogens (tertiary/aromatic N) is 1. The molecule has 0 saturated carbocycles. The van der Waals surface area contributed by atoms with Crippen molar-refractivity contribution in [3.8, 4) is 11.5 Å². The Bertz CT molecular complexity index is 776. The second-order valence-electron chi connectivity index (χ2n) is 7.03. The van der Waals surface area contributed by atoms with Crippen molar-refractivity contribution in [1.82, 2.24) is 10.2 Å². The first-order valence-electron chi connectivity index (χ1n) is 10.2. The maximum Gasteiger partial charge on any atom is 0.230 e. The zero-order valence-electron chi connectivity index (χ0n) is 17.2. The van der Waals surface area contributed by atoms with E-state index < -0.39 is 0 Å². The number of hydrogen-bond acceptors (Lipinski definition) is 5. The Kier molecular flexibility index (Phi) is 8.25. The number of amides is 1. The molecule has 0 aliphatic carbocycles. The Morgan fingerprint density at radius 2 is 1.90 bits per heavy atom. The van der Waals surface area contributed by atoms with Gasteiger partial charge in [0, 0.05) is 11.4 Å². The molecule has 2 aromatic carbocycles. The summed E-state index contributed by atoms with van der Waals surface area (Å²) in [6, 6.07) is 16.2. The monoisotopic (exact) mass is 414 g/mol. The molecule has 1 aliphatic rings. The predicted octanol–water partition coefficient (Wildman–Crippen LogP) is 4.14. The minimum absolute atomic E-state index is 0.0518. The summed E-state index contributed by atoms with van der Waals surface area (Å²) in [5.74, 6) is 2.16. The van der Waals surface area contributed by atoms with Gasteiger partial charge in [-0.3, -0.25) is 9.69 Å². The summed E-state index contributed by atoms with van der Waals surface area (Å²) in [4.78, 5) is 16.0. The Balaban J connectivity index is 1.54. The van der Waals surface area contributed by atoms with Crippen LogP contribution in [0.1, 0.15) is 31.4 Å². The van der Waals surface area contributed by atoms with Crippen molar-refractivity contribution in [2.75, 3.05) is 39.1 Å². The van der Waals surface area contributed by atoms with Gasteiger partial charge in [0.25, 0.3) is 0 Å². The van der Waals surface area contributed by atoms with Crippen LogP contribution in [0.2, 0.25) is 0 Å². The van der Waals surface area contributed by atoms with Crippen LogP contribution in [-0.2, 0) is 4.79 Å². The van der Waals surface area contributed by atoms with E-state index in [1.807, 2.05) is 43.3 Å². The Hall–Kier alpha value is -2.18. The zero-order chi connectivity index (χ0) is 20.5. The Labute approximate surface area is 177 Å². The molecule has 3 rings (SSSR count). The smallest absolute Gasteiger partial charge is 0.230 e. The number of ether oxygens (including phenoxy) is 2. The molecule has 0 spiro atoms. The lowest BCUT2D eigenvalue weighted by molar-refractivity contribution is -0.118. The molecule has 1 heterocycles. The van der Waals surface area contributed by atoms with Crippen LogP contribution in [0.5, 0.6) is 11.5 Å². The number of nitrogens with one attached hydrogen (secondary N) is 1. The van der Waals surface area contributed by atoms with Gasteiger partial charge in [0.2, 0.25) is 5.91 Å². The number of carbonyl (C=O) groups excluding carboxylic acids is 1. The van der Waals surface area contributed by atoms with Crippen molar-refractivity contribution in [2.45, 2.75) is 30.7 Å².